The molecule has 2 aromatic carbocycles. The molecule has 0 bridgehead atoms. The van der Waals surface area contributed by atoms with Gasteiger partial charge in [-0.05, 0) is 42.7 Å². The summed E-state index contributed by atoms with van der Waals surface area (Å²) in [5, 5.41) is 9.35. The molecule has 1 aliphatic rings. The smallest absolute Gasteiger partial charge is 0.230 e. The third-order valence-electron chi connectivity index (χ3n) is 4.79. The molecular formula is C22H23F3O6. The lowest BCUT2D eigenvalue weighted by molar-refractivity contribution is -0.101. The molecule has 3 unspecified atom stereocenters. The van der Waals surface area contributed by atoms with Crippen molar-refractivity contribution >= 4 is 0 Å². The number of alkyl halides is 1. The molecule has 0 aromatic heterocycles. The number of hydrogen-bond donors (Lipinski definition) is 1. The topological polar surface area (TPSA) is 66.4 Å². The maximum atomic E-state index is 14.9. The summed E-state index contributed by atoms with van der Waals surface area (Å²) in [5.41, 5.74) is 0. The second-order valence-corrected chi connectivity index (χ2v) is 6.93. The van der Waals surface area contributed by atoms with Gasteiger partial charge in [0.15, 0.2) is 36.1 Å². The van der Waals surface area contributed by atoms with Crippen LogP contribution in [0.15, 0.2) is 48.2 Å². The van der Waals surface area contributed by atoms with Crippen LogP contribution in [0.3, 0.4) is 0 Å². The average Bonchev–Trinajstić information content (AvgIpc) is 2.74. The summed E-state index contributed by atoms with van der Waals surface area (Å²) in [5.74, 6) is -1.53. The molecule has 0 heterocycles. The highest BCUT2D eigenvalue weighted by Gasteiger charge is 2.35. The third-order valence-corrected chi connectivity index (χ3v) is 4.79. The zero-order valence-corrected chi connectivity index (χ0v) is 17.0. The van der Waals surface area contributed by atoms with Gasteiger partial charge in [0.05, 0.1) is 7.11 Å². The Morgan fingerprint density at radius 2 is 1.68 bits per heavy atom. The fourth-order valence-electron chi connectivity index (χ4n) is 3.05. The molecule has 3 atom stereocenters. The first-order valence-electron chi connectivity index (χ1n) is 9.55. The molecule has 0 amide bonds. The van der Waals surface area contributed by atoms with E-state index in [1.54, 1.807) is 6.08 Å². The number of benzene rings is 2. The van der Waals surface area contributed by atoms with E-state index in [1.807, 2.05) is 6.92 Å². The number of hydrogen-bond acceptors (Lipinski definition) is 6. The van der Waals surface area contributed by atoms with Crippen LogP contribution in [0.5, 0.6) is 23.0 Å². The summed E-state index contributed by atoms with van der Waals surface area (Å²) in [6.45, 7) is 1.21. The van der Waals surface area contributed by atoms with Crippen LogP contribution < -0.4 is 14.2 Å². The minimum absolute atomic E-state index is 0.0523. The van der Waals surface area contributed by atoms with Crippen molar-refractivity contribution in [3.05, 3.63) is 59.9 Å². The fraction of sp³-hybridized carbons (Fsp3) is 0.364. The molecular weight excluding hydrogens is 417 g/mol. The molecule has 1 aliphatic carbocycles. The minimum atomic E-state index is -1.56. The largest absolute Gasteiger partial charge is 0.505 e. The number of aromatic hydroxyl groups is 1. The van der Waals surface area contributed by atoms with Gasteiger partial charge >= 0.3 is 0 Å². The van der Waals surface area contributed by atoms with Crippen molar-refractivity contribution in [3.63, 3.8) is 0 Å². The predicted octanol–water partition coefficient (Wildman–Crippen LogP) is 4.72. The van der Waals surface area contributed by atoms with Crippen LogP contribution in [0.2, 0.25) is 0 Å². The van der Waals surface area contributed by atoms with E-state index in [9.17, 15) is 18.3 Å². The van der Waals surface area contributed by atoms with Crippen molar-refractivity contribution in [2.75, 3.05) is 20.7 Å². The highest BCUT2D eigenvalue weighted by molar-refractivity contribution is 5.33. The van der Waals surface area contributed by atoms with Crippen molar-refractivity contribution in [1.82, 2.24) is 0 Å². The third kappa shape index (κ3) is 5.75. The van der Waals surface area contributed by atoms with Gasteiger partial charge in [-0.1, -0.05) is 6.92 Å². The molecule has 31 heavy (non-hydrogen) atoms. The molecule has 9 heteroatoms. The van der Waals surface area contributed by atoms with Gasteiger partial charge in [-0.25, -0.2) is 13.2 Å². The Balaban J connectivity index is 1.49. The molecule has 1 N–H and O–H groups in total. The number of ether oxygens (including phenoxy) is 5. The number of phenolic OH excluding ortho intramolecular Hbond substituents is 1. The van der Waals surface area contributed by atoms with Gasteiger partial charge in [0, 0.05) is 12.1 Å². The van der Waals surface area contributed by atoms with Gasteiger partial charge in [-0.15, -0.1) is 0 Å². The molecule has 3 rings (SSSR count). The standard InChI is InChI=1S/C22H23F3O6/c1-13-3-7-20(30-11-28-14-5-8-19(27-2)17(24)9-14)21(25)22(13)31-12-29-15-4-6-16(23)18(26)10-15/h4-10,13,21-22,26H,3,11-12H2,1-2H3. The quantitative estimate of drug-likeness (QED) is 0.570. The Hall–Kier alpha value is -3.07. The lowest BCUT2D eigenvalue weighted by atomic mass is 9.90. The number of methoxy groups -OCH3 is 1. The Kier molecular flexibility index (Phi) is 7.51. The molecule has 0 fully saturated rings. The molecule has 0 saturated heterocycles. The van der Waals surface area contributed by atoms with Crippen molar-refractivity contribution in [1.29, 1.82) is 0 Å². The van der Waals surface area contributed by atoms with Crippen LogP contribution in [-0.4, -0.2) is 38.1 Å². The van der Waals surface area contributed by atoms with E-state index >= 15 is 0 Å². The van der Waals surface area contributed by atoms with E-state index in [0.717, 1.165) is 18.2 Å². The van der Waals surface area contributed by atoms with Crippen molar-refractivity contribution in [3.8, 4) is 23.0 Å². The van der Waals surface area contributed by atoms with Gasteiger partial charge in [0.1, 0.15) is 23.4 Å². The van der Waals surface area contributed by atoms with Crippen molar-refractivity contribution < 1.29 is 42.0 Å². The van der Waals surface area contributed by atoms with Crippen LogP contribution in [-0.2, 0) is 9.47 Å². The second-order valence-electron chi connectivity index (χ2n) is 6.93. The Morgan fingerprint density at radius 1 is 0.968 bits per heavy atom. The SMILES string of the molecule is COc1ccc(OCOC2=CCC(C)C(OCOc3ccc(F)c(O)c3)C2F)cc1F. The highest BCUT2D eigenvalue weighted by atomic mass is 19.1. The minimum Gasteiger partial charge on any atom is -0.505 e. The molecule has 168 valence electrons. The fourth-order valence-corrected chi connectivity index (χ4v) is 3.05. The van der Waals surface area contributed by atoms with Crippen LogP contribution >= 0.6 is 0 Å². The summed E-state index contributed by atoms with van der Waals surface area (Å²) >= 11 is 0. The monoisotopic (exact) mass is 440 g/mol. The van der Waals surface area contributed by atoms with E-state index in [0.29, 0.717) is 6.42 Å². The lowest BCUT2D eigenvalue weighted by Crippen LogP contribution is -2.38. The van der Waals surface area contributed by atoms with Crippen molar-refractivity contribution in [2.24, 2.45) is 5.92 Å². The second kappa shape index (κ2) is 10.3. The molecule has 0 spiro atoms. The normalized spacial score (nSPS) is 20.7. The molecule has 0 aliphatic heterocycles. The van der Waals surface area contributed by atoms with E-state index in [4.69, 9.17) is 23.7 Å². The van der Waals surface area contributed by atoms with E-state index in [1.165, 1.54) is 25.3 Å². The first kappa shape index (κ1) is 22.6. The average molecular weight is 440 g/mol. The van der Waals surface area contributed by atoms with Crippen LogP contribution in [0, 0.1) is 17.6 Å². The number of allylic oxidation sites excluding steroid dienone is 1. The van der Waals surface area contributed by atoms with Gasteiger partial charge < -0.3 is 28.8 Å². The van der Waals surface area contributed by atoms with Crippen molar-refractivity contribution in [2.45, 2.75) is 25.6 Å². The zero-order valence-electron chi connectivity index (χ0n) is 17.0. The Morgan fingerprint density at radius 3 is 2.39 bits per heavy atom. The summed E-state index contributed by atoms with van der Waals surface area (Å²) in [6.07, 6.45) is -0.279. The number of halogens is 3. The summed E-state index contributed by atoms with van der Waals surface area (Å²) in [7, 11) is 1.35. The first-order chi connectivity index (χ1) is 14.9. The molecule has 0 saturated carbocycles. The summed E-state index contributed by atoms with van der Waals surface area (Å²) in [6, 6.07) is 7.53. The van der Waals surface area contributed by atoms with Gasteiger partial charge in [0.25, 0.3) is 0 Å². The number of rotatable bonds is 9. The van der Waals surface area contributed by atoms with Gasteiger partial charge in [-0.3, -0.25) is 0 Å². The molecule has 0 radical (unpaired) electrons. The van der Waals surface area contributed by atoms with E-state index < -0.39 is 29.7 Å². The maximum Gasteiger partial charge on any atom is 0.230 e. The van der Waals surface area contributed by atoms with E-state index in [-0.39, 0.29) is 42.5 Å². The summed E-state index contributed by atoms with van der Waals surface area (Å²) < 4.78 is 68.0. The Bertz CT molecular complexity index is 920. The predicted molar refractivity (Wildman–Crippen MR) is 105 cm³/mol. The Labute approximate surface area is 177 Å². The van der Waals surface area contributed by atoms with Crippen LogP contribution in [0.1, 0.15) is 13.3 Å². The zero-order chi connectivity index (χ0) is 22.4. The van der Waals surface area contributed by atoms with Gasteiger partial charge in [0.2, 0.25) is 6.79 Å². The van der Waals surface area contributed by atoms with Crippen LogP contribution in [0.4, 0.5) is 13.2 Å². The first-order valence-corrected chi connectivity index (χ1v) is 9.55. The van der Waals surface area contributed by atoms with Gasteiger partial charge in [-0.2, -0.15) is 0 Å². The lowest BCUT2D eigenvalue weighted by Gasteiger charge is -2.31. The molecule has 2 aromatic rings. The highest BCUT2D eigenvalue weighted by Crippen LogP contribution is 2.31. The van der Waals surface area contributed by atoms with Crippen LogP contribution in [0.25, 0.3) is 0 Å². The summed E-state index contributed by atoms with van der Waals surface area (Å²) in [4.78, 5) is 0. The maximum absolute atomic E-state index is 14.9. The molecule has 6 nitrogen and oxygen atoms in total. The number of phenols is 1. The van der Waals surface area contributed by atoms with E-state index in [2.05, 4.69) is 0 Å².